The molecule has 0 bridgehead atoms. The van der Waals surface area contributed by atoms with Crippen LogP contribution in [-0.4, -0.2) is 47.3 Å². The van der Waals surface area contributed by atoms with Crippen LogP contribution in [0.1, 0.15) is 19.5 Å². The lowest BCUT2D eigenvalue weighted by molar-refractivity contribution is 0.209. The molecule has 1 fully saturated rings. The van der Waals surface area contributed by atoms with E-state index in [9.17, 15) is 0 Å². The molecule has 0 N–H and O–H groups in total. The summed E-state index contributed by atoms with van der Waals surface area (Å²) in [5.41, 5.74) is 0.830. The Morgan fingerprint density at radius 1 is 1.18 bits per heavy atom. The normalized spacial score (nSPS) is 17.8. The lowest BCUT2D eigenvalue weighted by atomic mass is 10.2. The van der Waals surface area contributed by atoms with Gasteiger partial charge in [0.2, 0.25) is 0 Å². The Morgan fingerprint density at radius 3 is 2.35 bits per heavy atom. The van der Waals surface area contributed by atoms with Gasteiger partial charge >= 0.3 is 0 Å². The van der Waals surface area contributed by atoms with Crippen LogP contribution in [0.3, 0.4) is 0 Å². The van der Waals surface area contributed by atoms with Crippen LogP contribution < -0.4 is 4.90 Å². The van der Waals surface area contributed by atoms with Gasteiger partial charge in [-0.15, -0.1) is 16.7 Å². The Labute approximate surface area is 108 Å². The molecule has 1 aliphatic rings. The van der Waals surface area contributed by atoms with Crippen LogP contribution in [0.5, 0.6) is 0 Å². The minimum atomic E-state index is 0.425. The maximum absolute atomic E-state index is 5.70. The monoisotopic (exact) mass is 254 g/mol. The molecule has 0 spiro atoms. The summed E-state index contributed by atoms with van der Waals surface area (Å²) in [7, 11) is 0. The fourth-order valence-corrected chi connectivity index (χ4v) is 2.20. The largest absolute Gasteiger partial charge is 0.353 e. The molecule has 0 aromatic carbocycles. The first-order valence-electron chi connectivity index (χ1n) is 6.08. The highest BCUT2D eigenvalue weighted by Gasteiger charge is 2.19. The first kappa shape index (κ1) is 12.6. The molecule has 1 saturated heterocycles. The van der Waals surface area contributed by atoms with Crippen molar-refractivity contribution >= 4 is 17.4 Å². The number of alkyl halides is 1. The summed E-state index contributed by atoms with van der Waals surface area (Å²) in [5, 5.41) is 8.31. The fraction of sp³-hybridized carbons (Fsp3) is 0.667. The highest BCUT2D eigenvalue weighted by molar-refractivity contribution is 6.16. The van der Waals surface area contributed by atoms with Crippen molar-refractivity contribution in [1.29, 1.82) is 0 Å². The van der Waals surface area contributed by atoms with Crippen LogP contribution in [0, 0.1) is 0 Å². The Kier molecular flexibility index (Phi) is 4.18. The van der Waals surface area contributed by atoms with Crippen molar-refractivity contribution in [1.82, 2.24) is 15.1 Å². The third-order valence-electron chi connectivity index (χ3n) is 3.21. The van der Waals surface area contributed by atoms with Crippen molar-refractivity contribution in [2.75, 3.05) is 31.1 Å². The van der Waals surface area contributed by atoms with Gasteiger partial charge in [-0.3, -0.25) is 4.90 Å². The SMILES string of the molecule is CC(C)N1CCN(c2ccc(CCl)nn2)CC1. The summed E-state index contributed by atoms with van der Waals surface area (Å²) in [4.78, 5) is 4.76. The quantitative estimate of drug-likeness (QED) is 0.770. The number of halogens is 1. The molecule has 0 atom stereocenters. The van der Waals surface area contributed by atoms with Crippen molar-refractivity contribution < 1.29 is 0 Å². The summed E-state index contributed by atoms with van der Waals surface area (Å²) >= 11 is 5.70. The molecule has 4 nitrogen and oxygen atoms in total. The molecule has 1 aromatic rings. The molecule has 0 saturated carbocycles. The minimum Gasteiger partial charge on any atom is -0.353 e. The summed E-state index contributed by atoms with van der Waals surface area (Å²) in [6.07, 6.45) is 0. The number of nitrogens with zero attached hydrogens (tertiary/aromatic N) is 4. The number of aromatic nitrogens is 2. The molecule has 0 aliphatic carbocycles. The van der Waals surface area contributed by atoms with Gasteiger partial charge in [0.05, 0.1) is 11.6 Å². The van der Waals surface area contributed by atoms with Crippen molar-refractivity contribution in [3.63, 3.8) is 0 Å². The zero-order chi connectivity index (χ0) is 12.3. The van der Waals surface area contributed by atoms with E-state index in [1.165, 1.54) is 0 Å². The highest BCUT2D eigenvalue weighted by Crippen LogP contribution is 2.14. The van der Waals surface area contributed by atoms with E-state index in [4.69, 9.17) is 11.6 Å². The van der Waals surface area contributed by atoms with Gasteiger partial charge in [-0.1, -0.05) is 0 Å². The van der Waals surface area contributed by atoms with Crippen molar-refractivity contribution in [3.8, 4) is 0 Å². The van der Waals surface area contributed by atoms with Gasteiger partial charge in [-0.2, -0.15) is 5.10 Å². The lowest BCUT2D eigenvalue weighted by Crippen LogP contribution is -2.49. The average Bonchev–Trinajstić information content (AvgIpc) is 2.39. The van der Waals surface area contributed by atoms with Gasteiger partial charge in [0.15, 0.2) is 5.82 Å². The predicted molar refractivity (Wildman–Crippen MR) is 70.5 cm³/mol. The highest BCUT2D eigenvalue weighted by atomic mass is 35.5. The van der Waals surface area contributed by atoms with E-state index in [-0.39, 0.29) is 0 Å². The molecule has 94 valence electrons. The van der Waals surface area contributed by atoms with E-state index in [0.29, 0.717) is 11.9 Å². The molecule has 0 radical (unpaired) electrons. The Bertz CT molecular complexity index is 344. The van der Waals surface area contributed by atoms with Crippen LogP contribution in [0.2, 0.25) is 0 Å². The van der Waals surface area contributed by atoms with E-state index < -0.39 is 0 Å². The first-order chi connectivity index (χ1) is 8.20. The van der Waals surface area contributed by atoms with Crippen LogP contribution in [0.25, 0.3) is 0 Å². The predicted octanol–water partition coefficient (Wildman–Crippen LogP) is 1.75. The summed E-state index contributed by atoms with van der Waals surface area (Å²) in [6, 6.07) is 4.58. The minimum absolute atomic E-state index is 0.425. The molecule has 17 heavy (non-hydrogen) atoms. The van der Waals surface area contributed by atoms with Gasteiger partial charge in [0, 0.05) is 32.2 Å². The number of hydrogen-bond donors (Lipinski definition) is 0. The van der Waals surface area contributed by atoms with Crippen LogP contribution in [0.15, 0.2) is 12.1 Å². The Balaban J connectivity index is 1.95. The molecule has 5 heteroatoms. The summed E-state index contributed by atoms with van der Waals surface area (Å²) < 4.78 is 0. The van der Waals surface area contributed by atoms with E-state index >= 15 is 0 Å². The molecule has 2 rings (SSSR count). The standard InChI is InChI=1S/C12H19ClN4/c1-10(2)16-5-7-17(8-6-16)12-4-3-11(9-13)14-15-12/h3-4,10H,5-9H2,1-2H3. The molecule has 1 aliphatic heterocycles. The van der Waals surface area contributed by atoms with Gasteiger partial charge in [0.25, 0.3) is 0 Å². The molecule has 0 unspecified atom stereocenters. The molecule has 1 aromatic heterocycles. The second-order valence-corrected chi connectivity index (χ2v) is 4.90. The van der Waals surface area contributed by atoms with E-state index in [2.05, 4.69) is 33.8 Å². The fourth-order valence-electron chi connectivity index (χ4n) is 2.06. The van der Waals surface area contributed by atoms with Crippen molar-refractivity contribution in [2.45, 2.75) is 25.8 Å². The number of hydrogen-bond acceptors (Lipinski definition) is 4. The van der Waals surface area contributed by atoms with Crippen LogP contribution in [0.4, 0.5) is 5.82 Å². The van der Waals surface area contributed by atoms with E-state index in [1.807, 2.05) is 12.1 Å². The van der Waals surface area contributed by atoms with Gasteiger partial charge in [0.1, 0.15) is 0 Å². The van der Waals surface area contributed by atoms with Gasteiger partial charge < -0.3 is 4.90 Å². The molecule has 0 amide bonds. The van der Waals surface area contributed by atoms with Crippen molar-refractivity contribution in [2.24, 2.45) is 0 Å². The number of anilines is 1. The zero-order valence-corrected chi connectivity index (χ0v) is 11.2. The second kappa shape index (κ2) is 5.65. The van der Waals surface area contributed by atoms with Crippen LogP contribution in [-0.2, 0) is 5.88 Å². The average molecular weight is 255 g/mol. The van der Waals surface area contributed by atoms with E-state index in [0.717, 1.165) is 37.7 Å². The maximum atomic E-state index is 5.70. The zero-order valence-electron chi connectivity index (χ0n) is 10.4. The Morgan fingerprint density at radius 2 is 1.88 bits per heavy atom. The lowest BCUT2D eigenvalue weighted by Gasteiger charge is -2.37. The number of piperazine rings is 1. The first-order valence-corrected chi connectivity index (χ1v) is 6.61. The maximum Gasteiger partial charge on any atom is 0.151 e. The van der Waals surface area contributed by atoms with Crippen LogP contribution >= 0.6 is 11.6 Å². The molecular weight excluding hydrogens is 236 g/mol. The smallest absolute Gasteiger partial charge is 0.151 e. The van der Waals surface area contributed by atoms with Gasteiger partial charge in [-0.05, 0) is 26.0 Å². The Hall–Kier alpha value is -0.870. The van der Waals surface area contributed by atoms with Gasteiger partial charge in [-0.25, -0.2) is 0 Å². The topological polar surface area (TPSA) is 32.3 Å². The second-order valence-electron chi connectivity index (χ2n) is 4.63. The third-order valence-corrected chi connectivity index (χ3v) is 3.48. The molecule has 2 heterocycles. The number of rotatable bonds is 3. The summed E-state index contributed by atoms with van der Waals surface area (Å²) in [5.74, 6) is 1.39. The van der Waals surface area contributed by atoms with E-state index in [1.54, 1.807) is 0 Å². The summed E-state index contributed by atoms with van der Waals surface area (Å²) in [6.45, 7) is 8.71. The van der Waals surface area contributed by atoms with Crippen molar-refractivity contribution in [3.05, 3.63) is 17.8 Å². The molecular formula is C12H19ClN4. The third kappa shape index (κ3) is 3.07.